The van der Waals surface area contributed by atoms with E-state index in [0.29, 0.717) is 4.90 Å². The van der Waals surface area contributed by atoms with Gasteiger partial charge in [-0.2, -0.15) is 5.26 Å². The number of nitrogens with two attached hydrogens (primary N) is 1. The summed E-state index contributed by atoms with van der Waals surface area (Å²) >= 11 is 5.63. The highest BCUT2D eigenvalue weighted by molar-refractivity contribution is 6.30. The highest BCUT2D eigenvalue weighted by Crippen LogP contribution is 2.31. The van der Waals surface area contributed by atoms with E-state index in [1.165, 1.54) is 24.4 Å². The molecule has 0 bridgehead atoms. The number of nitrogens with zero attached hydrogens (tertiary/aromatic N) is 3. The van der Waals surface area contributed by atoms with Gasteiger partial charge in [-0.3, -0.25) is 19.4 Å². The van der Waals surface area contributed by atoms with Gasteiger partial charge in [-0.05, 0) is 18.2 Å². The molecule has 1 fully saturated rings. The molecule has 1 aromatic heterocycles. The van der Waals surface area contributed by atoms with Gasteiger partial charge in [-0.15, -0.1) is 0 Å². The lowest BCUT2D eigenvalue weighted by Crippen LogP contribution is -2.43. The molecule has 1 saturated heterocycles. The standard InChI is InChI=1S/C21H17ClF3N5O4/c22-15-2-1-12(5-16(15)23)34-18(19(27)32)14-8-28-4-3-13(14)20(33)29-9-17(31)30-10-21(24,25)6-11(30)7-26/h1-5,8,11,18H,6,9-10H2,(H2,27,32)(H,29,33). The number of amides is 3. The number of hydrogen-bond donors (Lipinski definition) is 2. The van der Waals surface area contributed by atoms with E-state index in [1.54, 1.807) is 6.07 Å². The van der Waals surface area contributed by atoms with E-state index < -0.39 is 61.1 Å². The van der Waals surface area contributed by atoms with Gasteiger partial charge in [0.25, 0.3) is 17.7 Å². The maximum absolute atomic E-state index is 13.7. The second-order valence-corrected chi connectivity index (χ2v) is 7.76. The summed E-state index contributed by atoms with van der Waals surface area (Å²) in [5, 5.41) is 11.1. The molecule has 1 aliphatic rings. The van der Waals surface area contributed by atoms with E-state index in [0.717, 1.165) is 12.3 Å². The van der Waals surface area contributed by atoms with Gasteiger partial charge in [0, 0.05) is 36.0 Å². The first kappa shape index (κ1) is 24.8. The molecule has 3 N–H and O–H groups in total. The van der Waals surface area contributed by atoms with Gasteiger partial charge < -0.3 is 20.7 Å². The second kappa shape index (κ2) is 9.96. The van der Waals surface area contributed by atoms with Crippen LogP contribution >= 0.6 is 11.6 Å². The van der Waals surface area contributed by atoms with Crippen LogP contribution in [0.25, 0.3) is 0 Å². The van der Waals surface area contributed by atoms with Crippen LogP contribution in [0.4, 0.5) is 13.2 Å². The molecule has 2 unspecified atom stereocenters. The maximum Gasteiger partial charge on any atom is 0.268 e. The lowest BCUT2D eigenvalue weighted by molar-refractivity contribution is -0.131. The summed E-state index contributed by atoms with van der Waals surface area (Å²) < 4.78 is 46.3. The van der Waals surface area contributed by atoms with Crippen molar-refractivity contribution >= 4 is 29.3 Å². The van der Waals surface area contributed by atoms with E-state index in [4.69, 9.17) is 27.3 Å². The molecule has 13 heteroatoms. The van der Waals surface area contributed by atoms with Gasteiger partial charge in [-0.25, -0.2) is 13.2 Å². The number of hydrogen-bond acceptors (Lipinski definition) is 6. The summed E-state index contributed by atoms with van der Waals surface area (Å²) in [6.45, 7) is -1.62. The third-order valence-electron chi connectivity index (χ3n) is 4.92. The number of likely N-dealkylation sites (tertiary alicyclic amines) is 1. The highest BCUT2D eigenvalue weighted by Gasteiger charge is 2.47. The molecule has 2 aromatic rings. The number of carbonyl (C=O) groups excluding carboxylic acids is 3. The van der Waals surface area contributed by atoms with E-state index in [2.05, 4.69) is 10.3 Å². The molecule has 0 saturated carbocycles. The average Bonchev–Trinajstić information content (AvgIpc) is 3.12. The first-order valence-corrected chi connectivity index (χ1v) is 10.1. The van der Waals surface area contributed by atoms with Crippen LogP contribution in [0.2, 0.25) is 5.02 Å². The van der Waals surface area contributed by atoms with Gasteiger partial charge >= 0.3 is 0 Å². The van der Waals surface area contributed by atoms with Crippen molar-refractivity contribution in [2.24, 2.45) is 5.73 Å². The van der Waals surface area contributed by atoms with Crippen LogP contribution in [0.15, 0.2) is 36.7 Å². The molecule has 1 aromatic carbocycles. The van der Waals surface area contributed by atoms with Gasteiger partial charge in [0.2, 0.25) is 12.0 Å². The monoisotopic (exact) mass is 495 g/mol. The van der Waals surface area contributed by atoms with Gasteiger partial charge in [-0.1, -0.05) is 11.6 Å². The molecule has 0 spiro atoms. The minimum atomic E-state index is -3.20. The van der Waals surface area contributed by atoms with Gasteiger partial charge in [0.05, 0.1) is 24.2 Å². The Hall–Kier alpha value is -3.85. The summed E-state index contributed by atoms with van der Waals surface area (Å²) in [7, 11) is 0. The fourth-order valence-electron chi connectivity index (χ4n) is 3.33. The van der Waals surface area contributed by atoms with Gasteiger partial charge in [0.15, 0.2) is 0 Å². The molecular formula is C21H17ClF3N5O4. The number of carbonyl (C=O) groups is 3. The quantitative estimate of drug-likeness (QED) is 0.602. The van der Waals surface area contributed by atoms with Crippen molar-refractivity contribution in [2.45, 2.75) is 24.5 Å². The molecule has 0 aliphatic carbocycles. The van der Waals surface area contributed by atoms with Crippen LogP contribution in [0.3, 0.4) is 0 Å². The number of nitrogens with one attached hydrogen (secondary N) is 1. The summed E-state index contributed by atoms with van der Waals surface area (Å²) in [6, 6.07) is 4.95. The topological polar surface area (TPSA) is 138 Å². The van der Waals surface area contributed by atoms with E-state index in [-0.39, 0.29) is 21.9 Å². The lowest BCUT2D eigenvalue weighted by Gasteiger charge is -2.21. The minimum absolute atomic E-state index is 0.0853. The number of rotatable bonds is 7. The molecule has 3 rings (SSSR count). The first-order valence-electron chi connectivity index (χ1n) is 9.72. The summed E-state index contributed by atoms with van der Waals surface area (Å²) in [6.07, 6.45) is 0.00430. The predicted octanol–water partition coefficient (Wildman–Crippen LogP) is 1.97. The van der Waals surface area contributed by atoms with Crippen molar-refractivity contribution in [3.63, 3.8) is 0 Å². The number of halogens is 4. The third-order valence-corrected chi connectivity index (χ3v) is 5.23. The normalized spacial score (nSPS) is 17.5. The van der Waals surface area contributed by atoms with E-state index in [1.807, 2.05) is 0 Å². The lowest BCUT2D eigenvalue weighted by atomic mass is 10.0. The number of alkyl halides is 2. The molecule has 3 amide bonds. The Kier molecular flexibility index (Phi) is 7.26. The zero-order valence-electron chi connectivity index (χ0n) is 17.3. The molecule has 0 radical (unpaired) electrons. The smallest absolute Gasteiger partial charge is 0.268 e. The largest absolute Gasteiger partial charge is 0.476 e. The highest BCUT2D eigenvalue weighted by atomic mass is 35.5. The van der Waals surface area contributed by atoms with Crippen molar-refractivity contribution in [2.75, 3.05) is 13.1 Å². The van der Waals surface area contributed by atoms with Gasteiger partial charge in [0.1, 0.15) is 17.6 Å². The Morgan fingerprint density at radius 2 is 2.12 bits per heavy atom. The Morgan fingerprint density at radius 1 is 1.38 bits per heavy atom. The second-order valence-electron chi connectivity index (χ2n) is 7.35. The number of benzene rings is 1. The fraction of sp³-hybridized carbons (Fsp3) is 0.286. The third kappa shape index (κ3) is 5.55. The van der Waals surface area contributed by atoms with Crippen molar-refractivity contribution in [3.05, 3.63) is 58.6 Å². The van der Waals surface area contributed by atoms with Crippen LogP contribution in [0, 0.1) is 17.1 Å². The number of nitriles is 1. The van der Waals surface area contributed by atoms with Crippen LogP contribution in [-0.2, 0) is 9.59 Å². The Bertz CT molecular complexity index is 1170. The Morgan fingerprint density at radius 3 is 2.76 bits per heavy atom. The number of primary amides is 1. The van der Waals surface area contributed by atoms with Crippen molar-refractivity contribution in [1.82, 2.24) is 15.2 Å². The van der Waals surface area contributed by atoms with Crippen LogP contribution in [0.1, 0.15) is 28.4 Å². The Labute approximate surface area is 196 Å². The van der Waals surface area contributed by atoms with Crippen molar-refractivity contribution in [1.29, 1.82) is 5.26 Å². The maximum atomic E-state index is 13.7. The van der Waals surface area contributed by atoms with Crippen LogP contribution in [-0.4, -0.2) is 52.7 Å². The molecule has 178 valence electrons. The average molecular weight is 496 g/mol. The Balaban J connectivity index is 1.77. The van der Waals surface area contributed by atoms with Crippen molar-refractivity contribution < 1.29 is 32.3 Å². The SMILES string of the molecule is N#CC1CC(F)(F)CN1C(=O)CNC(=O)c1ccncc1C(Oc1ccc(Cl)c(F)c1)C(N)=O. The molecule has 2 heterocycles. The first-order chi connectivity index (χ1) is 16.0. The number of pyridine rings is 1. The molecule has 1 aliphatic heterocycles. The summed E-state index contributed by atoms with van der Waals surface area (Å²) in [5.41, 5.74) is 5.18. The molecule has 2 atom stereocenters. The number of aromatic nitrogens is 1. The van der Waals surface area contributed by atoms with Crippen LogP contribution in [0.5, 0.6) is 5.75 Å². The summed E-state index contributed by atoms with van der Waals surface area (Å²) in [5.74, 6) is -6.88. The van der Waals surface area contributed by atoms with Crippen LogP contribution < -0.4 is 15.8 Å². The summed E-state index contributed by atoms with van der Waals surface area (Å²) in [4.78, 5) is 41.7. The fourth-order valence-corrected chi connectivity index (χ4v) is 3.45. The predicted molar refractivity (Wildman–Crippen MR) is 111 cm³/mol. The van der Waals surface area contributed by atoms with E-state index in [9.17, 15) is 27.6 Å². The zero-order valence-corrected chi connectivity index (χ0v) is 18.1. The molecule has 34 heavy (non-hydrogen) atoms. The van der Waals surface area contributed by atoms with Crippen molar-refractivity contribution in [3.8, 4) is 11.8 Å². The number of ether oxygens (including phenoxy) is 1. The van der Waals surface area contributed by atoms with E-state index >= 15 is 0 Å². The zero-order chi connectivity index (χ0) is 25.0. The molecule has 9 nitrogen and oxygen atoms in total. The minimum Gasteiger partial charge on any atom is -0.476 e. The molecular weight excluding hydrogens is 479 g/mol.